The lowest BCUT2D eigenvalue weighted by molar-refractivity contribution is 0.166. The molecule has 0 radical (unpaired) electrons. The number of anilines is 1. The Labute approximate surface area is 82.5 Å². The van der Waals surface area contributed by atoms with Crippen LogP contribution in [0, 0.1) is 6.92 Å². The van der Waals surface area contributed by atoms with E-state index < -0.39 is 0 Å². The first kappa shape index (κ1) is 9.09. The highest BCUT2D eigenvalue weighted by Gasteiger charge is 2.06. The van der Waals surface area contributed by atoms with E-state index in [0.717, 1.165) is 28.0 Å². The number of nitrogens with two attached hydrogens (primary N) is 1. The first-order chi connectivity index (χ1) is 6.70. The van der Waals surface area contributed by atoms with Crippen LogP contribution in [0.4, 0.5) is 5.69 Å². The van der Waals surface area contributed by atoms with Gasteiger partial charge in [0.05, 0.1) is 0 Å². The Morgan fingerprint density at radius 3 is 2.86 bits per heavy atom. The normalized spacial score (nSPS) is 11.0. The summed E-state index contributed by atoms with van der Waals surface area (Å²) in [5, 5.41) is 1.04. The molecule has 0 amide bonds. The molecule has 0 aliphatic rings. The summed E-state index contributed by atoms with van der Waals surface area (Å²) in [6.45, 7) is 2.48. The lowest BCUT2D eigenvalue weighted by Gasteiger charge is -1.96. The smallest absolute Gasteiger partial charge is 0.137 e. The zero-order valence-electron chi connectivity index (χ0n) is 8.33. The topological polar surface area (TPSA) is 48.4 Å². The monoisotopic (exact) mass is 191 g/mol. The van der Waals surface area contributed by atoms with Crippen molar-refractivity contribution in [2.45, 2.75) is 13.5 Å². The Balaban J connectivity index is 2.58. The van der Waals surface area contributed by atoms with Crippen molar-refractivity contribution in [2.24, 2.45) is 0 Å². The number of nitrogen functional groups attached to an aromatic ring is 1. The van der Waals surface area contributed by atoms with Gasteiger partial charge in [0.25, 0.3) is 0 Å². The van der Waals surface area contributed by atoms with Gasteiger partial charge in [0.15, 0.2) is 0 Å². The van der Waals surface area contributed by atoms with E-state index in [2.05, 4.69) is 0 Å². The first-order valence-corrected chi connectivity index (χ1v) is 4.48. The van der Waals surface area contributed by atoms with E-state index in [1.54, 1.807) is 7.11 Å². The van der Waals surface area contributed by atoms with E-state index in [9.17, 15) is 0 Å². The number of fused-ring (bicyclic) bond motifs is 1. The number of hydrogen-bond acceptors (Lipinski definition) is 3. The minimum atomic E-state index is 0.494. The van der Waals surface area contributed by atoms with Crippen LogP contribution in [-0.2, 0) is 11.3 Å². The molecule has 3 nitrogen and oxygen atoms in total. The molecule has 1 aromatic heterocycles. The Kier molecular flexibility index (Phi) is 2.17. The van der Waals surface area contributed by atoms with Gasteiger partial charge in [-0.05, 0) is 30.7 Å². The van der Waals surface area contributed by atoms with Crippen molar-refractivity contribution in [3.8, 4) is 0 Å². The van der Waals surface area contributed by atoms with Crippen LogP contribution >= 0.6 is 0 Å². The molecule has 2 aromatic rings. The highest BCUT2D eigenvalue weighted by Crippen LogP contribution is 2.25. The lowest BCUT2D eigenvalue weighted by Crippen LogP contribution is -1.84. The predicted octanol–water partition coefficient (Wildman–Crippen LogP) is 2.47. The van der Waals surface area contributed by atoms with Crippen molar-refractivity contribution in [1.82, 2.24) is 0 Å². The summed E-state index contributed by atoms with van der Waals surface area (Å²) in [4.78, 5) is 0. The van der Waals surface area contributed by atoms with Crippen LogP contribution in [0.15, 0.2) is 22.6 Å². The third-order valence-electron chi connectivity index (χ3n) is 2.16. The summed E-state index contributed by atoms with van der Waals surface area (Å²) in [6, 6.07) is 5.77. The SMILES string of the molecule is COCc1cc2cc(N)cc(C)c2o1. The molecule has 0 aliphatic carbocycles. The molecule has 14 heavy (non-hydrogen) atoms. The van der Waals surface area contributed by atoms with Gasteiger partial charge < -0.3 is 14.9 Å². The molecule has 0 saturated carbocycles. The number of ether oxygens (including phenoxy) is 1. The van der Waals surface area contributed by atoms with E-state index in [-0.39, 0.29) is 0 Å². The average molecular weight is 191 g/mol. The van der Waals surface area contributed by atoms with Crippen LogP contribution in [0.5, 0.6) is 0 Å². The van der Waals surface area contributed by atoms with E-state index in [0.29, 0.717) is 6.61 Å². The highest BCUT2D eigenvalue weighted by molar-refractivity contribution is 5.84. The second-order valence-corrected chi connectivity index (χ2v) is 3.40. The maximum absolute atomic E-state index is 5.74. The third kappa shape index (κ3) is 1.46. The van der Waals surface area contributed by atoms with Gasteiger partial charge in [0.2, 0.25) is 0 Å². The zero-order valence-corrected chi connectivity index (χ0v) is 8.33. The number of benzene rings is 1. The van der Waals surface area contributed by atoms with Gasteiger partial charge in [-0.15, -0.1) is 0 Å². The number of aryl methyl sites for hydroxylation is 1. The van der Waals surface area contributed by atoms with Crippen LogP contribution in [0.3, 0.4) is 0 Å². The minimum Gasteiger partial charge on any atom is -0.458 e. The molecule has 1 heterocycles. The number of hydrogen-bond donors (Lipinski definition) is 1. The maximum atomic E-state index is 5.74. The molecule has 3 heteroatoms. The zero-order chi connectivity index (χ0) is 10.1. The summed E-state index contributed by atoms with van der Waals surface area (Å²) >= 11 is 0. The third-order valence-corrected chi connectivity index (χ3v) is 2.16. The molecular formula is C11H13NO2. The standard InChI is InChI=1S/C11H13NO2/c1-7-3-9(12)4-8-5-10(6-13-2)14-11(7)8/h3-5H,6,12H2,1-2H3. The van der Waals surface area contributed by atoms with Gasteiger partial charge in [-0.1, -0.05) is 0 Å². The summed E-state index contributed by atoms with van der Waals surface area (Å²) in [6.07, 6.45) is 0. The fourth-order valence-electron chi connectivity index (χ4n) is 1.62. The quantitative estimate of drug-likeness (QED) is 0.742. The van der Waals surface area contributed by atoms with Gasteiger partial charge in [-0.2, -0.15) is 0 Å². The fourth-order valence-corrected chi connectivity index (χ4v) is 1.62. The molecule has 2 rings (SSSR count). The van der Waals surface area contributed by atoms with Gasteiger partial charge in [-0.3, -0.25) is 0 Å². The van der Waals surface area contributed by atoms with Crippen molar-refractivity contribution < 1.29 is 9.15 Å². The number of furan rings is 1. The Morgan fingerprint density at radius 1 is 1.36 bits per heavy atom. The van der Waals surface area contributed by atoms with Crippen molar-refractivity contribution >= 4 is 16.7 Å². The summed E-state index contributed by atoms with van der Waals surface area (Å²) in [7, 11) is 1.65. The van der Waals surface area contributed by atoms with Gasteiger partial charge in [0.1, 0.15) is 18.0 Å². The van der Waals surface area contributed by atoms with Crippen LogP contribution in [0.25, 0.3) is 11.0 Å². The molecule has 0 aliphatic heterocycles. The fraction of sp³-hybridized carbons (Fsp3) is 0.273. The van der Waals surface area contributed by atoms with Crippen LogP contribution in [0.2, 0.25) is 0 Å². The van der Waals surface area contributed by atoms with E-state index >= 15 is 0 Å². The highest BCUT2D eigenvalue weighted by atomic mass is 16.5. The molecule has 1 aromatic carbocycles. The molecule has 0 bridgehead atoms. The van der Waals surface area contributed by atoms with E-state index in [1.807, 2.05) is 25.1 Å². The second-order valence-electron chi connectivity index (χ2n) is 3.40. The maximum Gasteiger partial charge on any atom is 0.137 e. The van der Waals surface area contributed by atoms with E-state index in [1.165, 1.54) is 0 Å². The van der Waals surface area contributed by atoms with Gasteiger partial charge in [0, 0.05) is 18.2 Å². The first-order valence-electron chi connectivity index (χ1n) is 4.48. The Hall–Kier alpha value is -1.48. The van der Waals surface area contributed by atoms with Gasteiger partial charge in [-0.25, -0.2) is 0 Å². The molecular weight excluding hydrogens is 178 g/mol. The average Bonchev–Trinajstić information content (AvgIpc) is 2.48. The molecule has 74 valence electrons. The predicted molar refractivity (Wildman–Crippen MR) is 56.1 cm³/mol. The molecule has 0 saturated heterocycles. The number of methoxy groups -OCH3 is 1. The lowest BCUT2D eigenvalue weighted by atomic mass is 10.1. The molecule has 0 fully saturated rings. The Bertz CT molecular complexity index is 460. The number of rotatable bonds is 2. The summed E-state index contributed by atoms with van der Waals surface area (Å²) in [5.74, 6) is 0.830. The van der Waals surface area contributed by atoms with Crippen molar-refractivity contribution in [2.75, 3.05) is 12.8 Å². The van der Waals surface area contributed by atoms with Crippen molar-refractivity contribution in [3.63, 3.8) is 0 Å². The van der Waals surface area contributed by atoms with E-state index in [4.69, 9.17) is 14.9 Å². The van der Waals surface area contributed by atoms with Crippen LogP contribution < -0.4 is 5.73 Å². The summed E-state index contributed by atoms with van der Waals surface area (Å²) in [5.41, 5.74) is 8.45. The minimum absolute atomic E-state index is 0.494. The second kappa shape index (κ2) is 3.35. The Morgan fingerprint density at radius 2 is 2.14 bits per heavy atom. The molecule has 2 N–H and O–H groups in total. The molecule has 0 spiro atoms. The van der Waals surface area contributed by atoms with Gasteiger partial charge >= 0.3 is 0 Å². The molecule has 0 atom stereocenters. The molecule has 0 unspecified atom stereocenters. The van der Waals surface area contributed by atoms with Crippen molar-refractivity contribution in [3.05, 3.63) is 29.5 Å². The largest absolute Gasteiger partial charge is 0.458 e. The van der Waals surface area contributed by atoms with Crippen LogP contribution in [-0.4, -0.2) is 7.11 Å². The summed E-state index contributed by atoms with van der Waals surface area (Å²) < 4.78 is 10.6. The van der Waals surface area contributed by atoms with Crippen LogP contribution in [0.1, 0.15) is 11.3 Å². The van der Waals surface area contributed by atoms with Crippen molar-refractivity contribution in [1.29, 1.82) is 0 Å².